The van der Waals surface area contributed by atoms with Gasteiger partial charge in [0.2, 0.25) is 6.41 Å². The number of hydrogen-bond donors (Lipinski definition) is 2. The van der Waals surface area contributed by atoms with Gasteiger partial charge in [-0.3, -0.25) is 9.78 Å². The minimum absolute atomic E-state index is 0.0171. The maximum absolute atomic E-state index is 12.9. The van der Waals surface area contributed by atoms with Gasteiger partial charge in [0, 0.05) is 24.8 Å². The van der Waals surface area contributed by atoms with Crippen molar-refractivity contribution in [1.82, 2.24) is 15.2 Å². The molecule has 0 atom stereocenters. The van der Waals surface area contributed by atoms with Crippen LogP contribution in [0.5, 0.6) is 0 Å². The lowest BCUT2D eigenvalue weighted by molar-refractivity contribution is -0.109. The van der Waals surface area contributed by atoms with Crippen LogP contribution in [-0.4, -0.2) is 28.9 Å². The molecule has 0 radical (unpaired) electrons. The molecule has 2 aromatic rings. The Morgan fingerprint density at radius 3 is 2.69 bits per heavy atom. The molecule has 0 spiro atoms. The zero-order valence-electron chi connectivity index (χ0n) is 13.9. The number of rotatable bonds is 4. The van der Waals surface area contributed by atoms with Crippen LogP contribution in [0.15, 0.2) is 30.5 Å². The molecule has 2 N–H and O–H groups in total. The fraction of sp³-hybridized carbons (Fsp3) is 0.235. The zero-order chi connectivity index (χ0) is 19.1. The average Bonchev–Trinajstić information content (AvgIpc) is 2.61. The summed E-state index contributed by atoms with van der Waals surface area (Å²) < 4.78 is 37.9. The van der Waals surface area contributed by atoms with Crippen LogP contribution in [0.2, 0.25) is 0 Å². The first-order valence-corrected chi connectivity index (χ1v) is 7.76. The number of urea groups is 1. The van der Waals surface area contributed by atoms with E-state index < -0.39 is 11.6 Å². The van der Waals surface area contributed by atoms with E-state index in [0.29, 0.717) is 25.2 Å². The number of amides is 3. The molecule has 0 fully saturated rings. The first-order chi connectivity index (χ1) is 12.4. The highest BCUT2D eigenvalue weighted by atomic mass is 19.1. The van der Waals surface area contributed by atoms with Gasteiger partial charge in [0.05, 0.1) is 18.4 Å². The van der Waals surface area contributed by atoms with Gasteiger partial charge in [-0.1, -0.05) is 0 Å². The first-order valence-electron chi connectivity index (χ1n) is 7.76. The second-order valence-electron chi connectivity index (χ2n) is 5.33. The molecule has 1 aromatic heterocycles. The number of carbonyl (C=O) groups is 2. The number of anilines is 1. The van der Waals surface area contributed by atoms with E-state index in [9.17, 15) is 22.8 Å². The quantitative estimate of drug-likeness (QED) is 0.817. The molecule has 0 aliphatic carbocycles. The molecule has 138 valence electrons. The number of nitrogens with zero attached hydrogens (tertiary/aromatic N) is 2. The Morgan fingerprint density at radius 2 is 2.04 bits per heavy atom. The van der Waals surface area contributed by atoms with Crippen molar-refractivity contribution in [1.29, 1.82) is 0 Å². The van der Waals surface area contributed by atoms with Crippen LogP contribution >= 0.6 is 0 Å². The molecule has 0 bridgehead atoms. The van der Waals surface area contributed by atoms with Gasteiger partial charge in [0.25, 0.3) is 0 Å². The van der Waals surface area contributed by atoms with Crippen LogP contribution in [-0.2, 0) is 17.9 Å². The van der Waals surface area contributed by atoms with Crippen molar-refractivity contribution >= 4 is 18.1 Å². The summed E-state index contributed by atoms with van der Waals surface area (Å²) in [5.74, 6) is -1.76. The summed E-state index contributed by atoms with van der Waals surface area (Å²) in [5.41, 5.74) is 1.55. The Labute approximate surface area is 148 Å². The number of aromatic nitrogens is 1. The number of nitrogens with one attached hydrogen (secondary N) is 2. The normalized spacial score (nSPS) is 12.5. The van der Waals surface area contributed by atoms with Gasteiger partial charge in [-0.15, -0.1) is 0 Å². The molecule has 0 unspecified atom stereocenters. The highest BCUT2D eigenvalue weighted by Gasteiger charge is 2.20. The Balaban J connectivity index is 0.000000190. The van der Waals surface area contributed by atoms with Gasteiger partial charge >= 0.3 is 6.03 Å². The predicted octanol–water partition coefficient (Wildman–Crippen LogP) is 2.80. The summed E-state index contributed by atoms with van der Waals surface area (Å²) in [5, 5.41) is 4.93. The fourth-order valence-corrected chi connectivity index (χ4v) is 2.25. The third-order valence-electron chi connectivity index (χ3n) is 3.58. The van der Waals surface area contributed by atoms with E-state index in [1.54, 1.807) is 11.0 Å². The Bertz CT molecular complexity index is 802. The molecule has 26 heavy (non-hydrogen) atoms. The molecule has 0 saturated carbocycles. The lowest BCUT2D eigenvalue weighted by atomic mass is 10.1. The fourth-order valence-electron chi connectivity index (χ4n) is 2.25. The summed E-state index contributed by atoms with van der Waals surface area (Å²) in [6.45, 7) is 2.97. The van der Waals surface area contributed by atoms with Crippen LogP contribution in [0.4, 0.5) is 23.7 Å². The smallest absolute Gasteiger partial charge is 0.322 e. The number of halogens is 3. The van der Waals surface area contributed by atoms with E-state index in [1.807, 2.05) is 6.92 Å². The van der Waals surface area contributed by atoms with Crippen molar-refractivity contribution in [3.05, 3.63) is 59.2 Å². The highest BCUT2D eigenvalue weighted by molar-refractivity contribution is 5.92. The number of fused-ring (bicyclic) bond motifs is 1. The molecule has 1 aliphatic rings. The topological polar surface area (TPSA) is 74.3 Å². The van der Waals surface area contributed by atoms with Crippen molar-refractivity contribution in [2.45, 2.75) is 20.0 Å². The van der Waals surface area contributed by atoms with Crippen molar-refractivity contribution < 1.29 is 22.8 Å². The summed E-state index contributed by atoms with van der Waals surface area (Å²) in [6, 6.07) is 4.99. The Morgan fingerprint density at radius 1 is 1.27 bits per heavy atom. The first kappa shape index (κ1) is 19.2. The molecular weight excluding hydrogens is 349 g/mol. The summed E-state index contributed by atoms with van der Waals surface area (Å²) in [7, 11) is 0. The molecular formula is C17H17F3N4O2. The van der Waals surface area contributed by atoms with E-state index in [-0.39, 0.29) is 24.1 Å². The average molecular weight is 366 g/mol. The minimum atomic E-state index is -0.760. The molecule has 3 amide bonds. The van der Waals surface area contributed by atoms with Crippen molar-refractivity contribution in [3.63, 3.8) is 0 Å². The molecule has 1 aliphatic heterocycles. The monoisotopic (exact) mass is 366 g/mol. The minimum Gasteiger partial charge on any atom is -0.353 e. The third-order valence-corrected chi connectivity index (χ3v) is 3.58. The molecule has 1 aromatic carbocycles. The zero-order valence-corrected chi connectivity index (χ0v) is 13.9. The summed E-state index contributed by atoms with van der Waals surface area (Å²) in [6.07, 6.45) is 1.31. The van der Waals surface area contributed by atoms with E-state index in [2.05, 4.69) is 15.6 Å². The maximum Gasteiger partial charge on any atom is 0.322 e. The van der Waals surface area contributed by atoms with E-state index in [4.69, 9.17) is 0 Å². The third kappa shape index (κ3) is 4.95. The number of carbonyl (C=O) groups excluding carboxylic acids is 2. The Hall–Kier alpha value is -3.10. The van der Waals surface area contributed by atoms with Gasteiger partial charge in [0.1, 0.15) is 17.5 Å². The van der Waals surface area contributed by atoms with Gasteiger partial charge < -0.3 is 15.5 Å². The molecule has 3 rings (SSSR count). The second-order valence-corrected chi connectivity index (χ2v) is 5.33. The lowest BCUT2D eigenvalue weighted by Crippen LogP contribution is -2.38. The Kier molecular flexibility index (Phi) is 6.54. The largest absolute Gasteiger partial charge is 0.353 e. The lowest BCUT2D eigenvalue weighted by Gasteiger charge is -2.28. The van der Waals surface area contributed by atoms with Crippen molar-refractivity contribution in [2.24, 2.45) is 0 Å². The molecule has 6 nitrogen and oxygen atoms in total. The molecule has 0 saturated heterocycles. The van der Waals surface area contributed by atoms with Crippen molar-refractivity contribution in [3.8, 4) is 0 Å². The van der Waals surface area contributed by atoms with Crippen LogP contribution in [0.1, 0.15) is 18.2 Å². The summed E-state index contributed by atoms with van der Waals surface area (Å²) in [4.78, 5) is 26.3. The van der Waals surface area contributed by atoms with Gasteiger partial charge in [-0.25, -0.2) is 18.0 Å². The standard InChI is InChI=1S/C10H11FN2O.C7H6F2N2O/c1-2-13-6-7-5-8(11)3-4-9(7)12-10(13)14;8-5-1-6(9)7(11-2-5)3-10-4-12/h3-5H,2,6H2,1H3,(H,12,14);1-2,4H,3H2,(H,10,12). The number of hydrogen-bond acceptors (Lipinski definition) is 3. The van der Waals surface area contributed by atoms with Crippen LogP contribution in [0.3, 0.4) is 0 Å². The van der Waals surface area contributed by atoms with E-state index in [1.165, 1.54) is 12.1 Å². The summed E-state index contributed by atoms with van der Waals surface area (Å²) >= 11 is 0. The van der Waals surface area contributed by atoms with E-state index >= 15 is 0 Å². The van der Waals surface area contributed by atoms with Crippen LogP contribution in [0, 0.1) is 17.5 Å². The van der Waals surface area contributed by atoms with Gasteiger partial charge in [-0.2, -0.15) is 0 Å². The van der Waals surface area contributed by atoms with Crippen molar-refractivity contribution in [2.75, 3.05) is 11.9 Å². The van der Waals surface area contributed by atoms with Gasteiger partial charge in [0.15, 0.2) is 0 Å². The molecule has 2 heterocycles. The second kappa shape index (κ2) is 8.84. The maximum atomic E-state index is 12.9. The number of pyridine rings is 1. The van der Waals surface area contributed by atoms with Crippen LogP contribution in [0.25, 0.3) is 0 Å². The van der Waals surface area contributed by atoms with Gasteiger partial charge in [-0.05, 0) is 30.7 Å². The number of benzene rings is 1. The predicted molar refractivity (Wildman–Crippen MR) is 88.6 cm³/mol. The van der Waals surface area contributed by atoms with E-state index in [0.717, 1.165) is 17.8 Å². The van der Waals surface area contributed by atoms with Crippen LogP contribution < -0.4 is 10.6 Å². The SMILES string of the molecule is CCN1Cc2cc(F)ccc2NC1=O.O=CNCc1ncc(F)cc1F. The molecule has 9 heteroatoms. The highest BCUT2D eigenvalue weighted by Crippen LogP contribution is 2.23.